The van der Waals surface area contributed by atoms with E-state index in [1.807, 2.05) is 32.0 Å². The number of rotatable bonds is 3. The Morgan fingerprint density at radius 2 is 1.68 bits per heavy atom. The first kappa shape index (κ1) is 15.9. The maximum Gasteiger partial charge on any atom is 0.323 e. The number of carbonyl (C=O) groups excluding carboxylic acids is 2. The van der Waals surface area contributed by atoms with Crippen molar-refractivity contribution in [2.24, 2.45) is 5.73 Å². The van der Waals surface area contributed by atoms with Gasteiger partial charge in [0.15, 0.2) is 0 Å². The Hall–Kier alpha value is -2.53. The molecule has 2 rings (SSSR count). The predicted molar refractivity (Wildman–Crippen MR) is 88.5 cm³/mol. The summed E-state index contributed by atoms with van der Waals surface area (Å²) in [6.45, 7) is 3.80. The van der Waals surface area contributed by atoms with Gasteiger partial charge in [-0.15, -0.1) is 0 Å². The molecule has 0 heterocycles. The van der Waals surface area contributed by atoms with Crippen LogP contribution in [-0.4, -0.2) is 11.9 Å². The summed E-state index contributed by atoms with van der Waals surface area (Å²) in [4.78, 5) is 23.5. The van der Waals surface area contributed by atoms with Gasteiger partial charge in [0.25, 0.3) is 5.91 Å². The molecule has 0 bridgehead atoms. The standard InChI is InChI=1S/C16H16ClN3O2/c1-9-4-3-5-10(2)14(9)20-16(22)19-13-8-11(17)6-7-12(13)15(18)21/h3-8H,1-2H3,(H2,18,21)(H2,19,20,22). The van der Waals surface area contributed by atoms with Crippen LogP contribution in [0.25, 0.3) is 0 Å². The van der Waals surface area contributed by atoms with Gasteiger partial charge >= 0.3 is 6.03 Å². The third-order valence-electron chi connectivity index (χ3n) is 3.21. The highest BCUT2D eigenvalue weighted by Gasteiger charge is 2.13. The van der Waals surface area contributed by atoms with Gasteiger partial charge in [-0.25, -0.2) is 4.79 Å². The normalized spacial score (nSPS) is 10.1. The molecule has 0 spiro atoms. The topological polar surface area (TPSA) is 84.2 Å². The number of para-hydroxylation sites is 1. The van der Waals surface area contributed by atoms with Crippen LogP contribution in [-0.2, 0) is 0 Å². The van der Waals surface area contributed by atoms with Gasteiger partial charge in [0.1, 0.15) is 0 Å². The molecule has 0 aliphatic carbocycles. The number of hydrogen-bond acceptors (Lipinski definition) is 2. The lowest BCUT2D eigenvalue weighted by Crippen LogP contribution is -2.23. The summed E-state index contributed by atoms with van der Waals surface area (Å²) in [5, 5.41) is 5.76. The monoisotopic (exact) mass is 317 g/mol. The van der Waals surface area contributed by atoms with Crippen LogP contribution in [0.15, 0.2) is 36.4 Å². The Kier molecular flexibility index (Phi) is 4.68. The van der Waals surface area contributed by atoms with Gasteiger partial charge in [0.05, 0.1) is 11.3 Å². The summed E-state index contributed by atoms with van der Waals surface area (Å²) in [6.07, 6.45) is 0. The lowest BCUT2D eigenvalue weighted by atomic mass is 10.1. The fraction of sp³-hybridized carbons (Fsp3) is 0.125. The van der Waals surface area contributed by atoms with E-state index in [4.69, 9.17) is 17.3 Å². The number of hydrogen-bond donors (Lipinski definition) is 3. The number of aryl methyl sites for hydroxylation is 2. The van der Waals surface area contributed by atoms with E-state index in [-0.39, 0.29) is 11.3 Å². The molecule has 0 saturated heterocycles. The molecule has 0 fully saturated rings. The molecule has 22 heavy (non-hydrogen) atoms. The van der Waals surface area contributed by atoms with Crippen LogP contribution >= 0.6 is 11.6 Å². The summed E-state index contributed by atoms with van der Waals surface area (Å²) >= 11 is 5.89. The lowest BCUT2D eigenvalue weighted by molar-refractivity contribution is 0.100. The summed E-state index contributed by atoms with van der Waals surface area (Å²) in [5.74, 6) is -0.640. The number of urea groups is 1. The minimum Gasteiger partial charge on any atom is -0.366 e. The van der Waals surface area contributed by atoms with Crippen molar-refractivity contribution < 1.29 is 9.59 Å². The molecule has 0 saturated carbocycles. The predicted octanol–water partition coefficient (Wildman–Crippen LogP) is 3.70. The molecule has 2 aromatic carbocycles. The van der Waals surface area contributed by atoms with Gasteiger partial charge in [-0.1, -0.05) is 29.8 Å². The number of benzene rings is 2. The maximum absolute atomic E-state index is 12.2. The van der Waals surface area contributed by atoms with E-state index in [1.165, 1.54) is 18.2 Å². The van der Waals surface area contributed by atoms with Crippen LogP contribution < -0.4 is 16.4 Å². The van der Waals surface area contributed by atoms with Crippen molar-refractivity contribution in [3.63, 3.8) is 0 Å². The Morgan fingerprint density at radius 3 is 2.27 bits per heavy atom. The Morgan fingerprint density at radius 1 is 1.05 bits per heavy atom. The molecule has 0 aromatic heterocycles. The van der Waals surface area contributed by atoms with E-state index < -0.39 is 11.9 Å². The summed E-state index contributed by atoms with van der Waals surface area (Å²) in [7, 11) is 0. The van der Waals surface area contributed by atoms with Gasteiger partial charge in [-0.05, 0) is 43.2 Å². The highest BCUT2D eigenvalue weighted by atomic mass is 35.5. The van der Waals surface area contributed by atoms with E-state index >= 15 is 0 Å². The molecule has 0 radical (unpaired) electrons. The van der Waals surface area contributed by atoms with Crippen LogP contribution in [0.4, 0.5) is 16.2 Å². The van der Waals surface area contributed by atoms with Crippen molar-refractivity contribution in [1.29, 1.82) is 0 Å². The van der Waals surface area contributed by atoms with Crippen molar-refractivity contribution in [2.45, 2.75) is 13.8 Å². The zero-order valence-corrected chi connectivity index (χ0v) is 13.0. The molecular weight excluding hydrogens is 302 g/mol. The van der Waals surface area contributed by atoms with E-state index in [0.29, 0.717) is 5.02 Å². The van der Waals surface area contributed by atoms with Crippen LogP contribution in [0.2, 0.25) is 5.02 Å². The number of nitrogens with one attached hydrogen (secondary N) is 2. The fourth-order valence-electron chi connectivity index (χ4n) is 2.11. The molecule has 0 unspecified atom stereocenters. The first-order valence-electron chi connectivity index (χ1n) is 6.62. The average molecular weight is 318 g/mol. The number of halogens is 1. The van der Waals surface area contributed by atoms with Gasteiger partial charge in [0.2, 0.25) is 0 Å². The molecule has 0 aliphatic heterocycles. The number of amides is 3. The lowest BCUT2D eigenvalue weighted by Gasteiger charge is -2.14. The second kappa shape index (κ2) is 6.49. The van der Waals surface area contributed by atoms with Crippen molar-refractivity contribution in [1.82, 2.24) is 0 Å². The zero-order valence-electron chi connectivity index (χ0n) is 12.2. The highest BCUT2D eigenvalue weighted by molar-refractivity contribution is 6.31. The summed E-state index contributed by atoms with van der Waals surface area (Å²) < 4.78 is 0. The Balaban J connectivity index is 2.23. The molecular formula is C16H16ClN3O2. The number of nitrogens with two attached hydrogens (primary N) is 1. The first-order chi connectivity index (χ1) is 10.4. The minimum absolute atomic E-state index is 0.195. The Labute approximate surface area is 133 Å². The van der Waals surface area contributed by atoms with Crippen molar-refractivity contribution in [3.8, 4) is 0 Å². The smallest absolute Gasteiger partial charge is 0.323 e. The summed E-state index contributed by atoms with van der Waals surface area (Å²) in [5.41, 5.74) is 8.36. The molecule has 3 amide bonds. The van der Waals surface area contributed by atoms with E-state index in [9.17, 15) is 9.59 Å². The zero-order chi connectivity index (χ0) is 16.3. The van der Waals surface area contributed by atoms with Crippen LogP contribution in [0, 0.1) is 13.8 Å². The molecule has 0 atom stereocenters. The highest BCUT2D eigenvalue weighted by Crippen LogP contribution is 2.23. The van der Waals surface area contributed by atoms with Gasteiger partial charge in [0, 0.05) is 10.7 Å². The molecule has 0 aliphatic rings. The van der Waals surface area contributed by atoms with Crippen molar-refractivity contribution in [2.75, 3.05) is 10.6 Å². The van der Waals surface area contributed by atoms with Crippen molar-refractivity contribution in [3.05, 3.63) is 58.1 Å². The SMILES string of the molecule is Cc1cccc(C)c1NC(=O)Nc1cc(Cl)ccc1C(N)=O. The van der Waals surface area contributed by atoms with Crippen molar-refractivity contribution >= 4 is 34.9 Å². The number of carbonyl (C=O) groups is 2. The van der Waals surface area contributed by atoms with Crippen LogP contribution in [0.3, 0.4) is 0 Å². The molecule has 4 N–H and O–H groups in total. The third kappa shape index (κ3) is 3.56. The average Bonchev–Trinajstić information content (AvgIpc) is 2.43. The largest absolute Gasteiger partial charge is 0.366 e. The van der Waals surface area contributed by atoms with Crippen LogP contribution in [0.5, 0.6) is 0 Å². The van der Waals surface area contributed by atoms with E-state index in [0.717, 1.165) is 16.8 Å². The molecule has 114 valence electrons. The summed E-state index contributed by atoms with van der Waals surface area (Å²) in [6, 6.07) is 9.73. The van der Waals surface area contributed by atoms with Gasteiger partial charge in [-0.2, -0.15) is 0 Å². The van der Waals surface area contributed by atoms with Gasteiger partial charge in [-0.3, -0.25) is 4.79 Å². The maximum atomic E-state index is 12.2. The Bertz CT molecular complexity index is 724. The van der Waals surface area contributed by atoms with Gasteiger partial charge < -0.3 is 16.4 Å². The first-order valence-corrected chi connectivity index (χ1v) is 7.00. The fourth-order valence-corrected chi connectivity index (χ4v) is 2.29. The number of anilines is 2. The second-order valence-corrected chi connectivity index (χ2v) is 5.34. The minimum atomic E-state index is -0.640. The third-order valence-corrected chi connectivity index (χ3v) is 3.45. The number of primary amides is 1. The van der Waals surface area contributed by atoms with E-state index in [1.54, 1.807) is 0 Å². The van der Waals surface area contributed by atoms with E-state index in [2.05, 4.69) is 10.6 Å². The molecule has 2 aromatic rings. The second-order valence-electron chi connectivity index (χ2n) is 4.90. The molecule has 5 nitrogen and oxygen atoms in total. The van der Waals surface area contributed by atoms with Crippen LogP contribution in [0.1, 0.15) is 21.5 Å². The molecule has 6 heteroatoms. The quantitative estimate of drug-likeness (QED) is 0.806.